The van der Waals surface area contributed by atoms with E-state index < -0.39 is 0 Å². The van der Waals surface area contributed by atoms with E-state index in [9.17, 15) is 4.79 Å². The van der Waals surface area contributed by atoms with E-state index >= 15 is 0 Å². The Bertz CT molecular complexity index is 338. The quantitative estimate of drug-likeness (QED) is 0.863. The van der Waals surface area contributed by atoms with Gasteiger partial charge in [0.2, 0.25) is 5.91 Å². The maximum absolute atomic E-state index is 12.9. The summed E-state index contributed by atoms with van der Waals surface area (Å²) in [4.78, 5) is 15.2. The van der Waals surface area contributed by atoms with Crippen molar-refractivity contribution in [1.29, 1.82) is 0 Å². The van der Waals surface area contributed by atoms with Crippen molar-refractivity contribution in [2.45, 2.75) is 70.3 Å². The molecule has 3 aliphatic rings. The third-order valence-electron chi connectivity index (χ3n) is 5.99. The fourth-order valence-electron chi connectivity index (χ4n) is 4.86. The van der Waals surface area contributed by atoms with Gasteiger partial charge in [0.25, 0.3) is 0 Å². The molecule has 0 bridgehead atoms. The molecule has 3 fully saturated rings. The van der Waals surface area contributed by atoms with E-state index in [0.29, 0.717) is 17.9 Å². The Morgan fingerprint density at radius 3 is 2.55 bits per heavy atom. The van der Waals surface area contributed by atoms with E-state index in [0.717, 1.165) is 31.8 Å². The van der Waals surface area contributed by atoms with Crippen molar-refractivity contribution >= 4 is 5.91 Å². The van der Waals surface area contributed by atoms with Crippen molar-refractivity contribution in [2.24, 2.45) is 23.5 Å². The maximum Gasteiger partial charge on any atom is 0.225 e. The van der Waals surface area contributed by atoms with Crippen LogP contribution in [0.2, 0.25) is 0 Å². The van der Waals surface area contributed by atoms with E-state index in [1.54, 1.807) is 0 Å². The summed E-state index contributed by atoms with van der Waals surface area (Å²) in [5.41, 5.74) is 5.82. The second-order valence-electron chi connectivity index (χ2n) is 7.25. The molecule has 3 rings (SSSR count). The predicted molar refractivity (Wildman–Crippen MR) is 81.2 cm³/mol. The molecular formula is C17H30N2O. The standard InChI is InChI=1S/C17H30N2O/c18-12-13-5-3-8-15(11-13)17(20)19-10-4-9-16(19)14-6-1-2-7-14/h13-16H,1-12,18H2. The lowest BCUT2D eigenvalue weighted by Crippen LogP contribution is -2.44. The summed E-state index contributed by atoms with van der Waals surface area (Å²) in [7, 11) is 0. The molecule has 2 aliphatic carbocycles. The zero-order valence-corrected chi connectivity index (χ0v) is 12.7. The van der Waals surface area contributed by atoms with Crippen LogP contribution in [-0.4, -0.2) is 29.9 Å². The molecule has 0 aromatic carbocycles. The molecule has 0 radical (unpaired) electrons. The molecule has 1 saturated heterocycles. The molecule has 3 unspecified atom stereocenters. The molecule has 2 N–H and O–H groups in total. The summed E-state index contributed by atoms with van der Waals surface area (Å²) in [5.74, 6) is 2.14. The van der Waals surface area contributed by atoms with Gasteiger partial charge in [-0.15, -0.1) is 0 Å². The minimum absolute atomic E-state index is 0.277. The lowest BCUT2D eigenvalue weighted by Gasteiger charge is -2.35. The Hall–Kier alpha value is -0.570. The van der Waals surface area contributed by atoms with E-state index in [2.05, 4.69) is 4.90 Å². The third-order valence-corrected chi connectivity index (χ3v) is 5.99. The topological polar surface area (TPSA) is 46.3 Å². The molecule has 1 amide bonds. The van der Waals surface area contributed by atoms with Gasteiger partial charge in [-0.1, -0.05) is 19.3 Å². The second kappa shape index (κ2) is 6.46. The lowest BCUT2D eigenvalue weighted by molar-refractivity contribution is -0.138. The average molecular weight is 278 g/mol. The minimum atomic E-state index is 0.277. The van der Waals surface area contributed by atoms with Gasteiger partial charge in [-0.3, -0.25) is 4.79 Å². The normalized spacial score (nSPS) is 35.6. The van der Waals surface area contributed by atoms with Crippen LogP contribution in [0.1, 0.15) is 64.2 Å². The minimum Gasteiger partial charge on any atom is -0.339 e. The summed E-state index contributed by atoms with van der Waals surface area (Å²) in [6.07, 6.45) is 12.5. The van der Waals surface area contributed by atoms with Crippen molar-refractivity contribution < 1.29 is 4.79 Å². The van der Waals surface area contributed by atoms with Gasteiger partial charge in [0, 0.05) is 18.5 Å². The van der Waals surface area contributed by atoms with Crippen molar-refractivity contribution in [3.05, 3.63) is 0 Å². The highest BCUT2D eigenvalue weighted by atomic mass is 16.2. The van der Waals surface area contributed by atoms with Crippen molar-refractivity contribution in [2.75, 3.05) is 13.1 Å². The number of nitrogens with zero attached hydrogens (tertiary/aromatic N) is 1. The van der Waals surface area contributed by atoms with Crippen LogP contribution in [0.25, 0.3) is 0 Å². The third kappa shape index (κ3) is 2.88. The molecule has 20 heavy (non-hydrogen) atoms. The van der Waals surface area contributed by atoms with Crippen LogP contribution in [0.4, 0.5) is 0 Å². The Morgan fingerprint density at radius 2 is 1.80 bits per heavy atom. The zero-order chi connectivity index (χ0) is 13.9. The van der Waals surface area contributed by atoms with Crippen LogP contribution < -0.4 is 5.73 Å². The molecule has 3 heteroatoms. The average Bonchev–Trinajstić information content (AvgIpc) is 3.16. The summed E-state index contributed by atoms with van der Waals surface area (Å²) in [5, 5.41) is 0. The molecule has 1 aliphatic heterocycles. The number of carbonyl (C=O) groups excluding carboxylic acids is 1. The largest absolute Gasteiger partial charge is 0.339 e. The van der Waals surface area contributed by atoms with Crippen molar-refractivity contribution in [3.63, 3.8) is 0 Å². The van der Waals surface area contributed by atoms with Gasteiger partial charge < -0.3 is 10.6 Å². The number of amides is 1. The molecule has 1 heterocycles. The Morgan fingerprint density at radius 1 is 1.00 bits per heavy atom. The highest BCUT2D eigenvalue weighted by molar-refractivity contribution is 5.79. The summed E-state index contributed by atoms with van der Waals surface area (Å²) in [6, 6.07) is 0.572. The molecule has 0 spiro atoms. The SMILES string of the molecule is NCC1CCCC(C(=O)N2CCCC2C2CCCC2)C1. The van der Waals surface area contributed by atoms with E-state index in [1.165, 1.54) is 51.4 Å². The van der Waals surface area contributed by atoms with Gasteiger partial charge in [0.1, 0.15) is 0 Å². The van der Waals surface area contributed by atoms with E-state index in [4.69, 9.17) is 5.73 Å². The lowest BCUT2D eigenvalue weighted by atomic mass is 9.80. The number of hydrogen-bond donors (Lipinski definition) is 1. The van der Waals surface area contributed by atoms with Gasteiger partial charge in [-0.05, 0) is 63.3 Å². The van der Waals surface area contributed by atoms with Crippen LogP contribution in [0.3, 0.4) is 0 Å². The van der Waals surface area contributed by atoms with Crippen LogP contribution in [-0.2, 0) is 4.79 Å². The van der Waals surface area contributed by atoms with Crippen LogP contribution in [0, 0.1) is 17.8 Å². The summed E-state index contributed by atoms with van der Waals surface area (Å²) >= 11 is 0. The predicted octanol–water partition coefficient (Wildman–Crippen LogP) is 2.93. The first kappa shape index (κ1) is 14.4. The van der Waals surface area contributed by atoms with Crippen LogP contribution in [0.5, 0.6) is 0 Å². The Balaban J connectivity index is 1.63. The number of nitrogens with two attached hydrogens (primary N) is 1. The first-order valence-electron chi connectivity index (χ1n) is 8.80. The number of hydrogen-bond acceptors (Lipinski definition) is 2. The van der Waals surface area contributed by atoms with E-state index in [-0.39, 0.29) is 5.92 Å². The van der Waals surface area contributed by atoms with E-state index in [1.807, 2.05) is 0 Å². The summed E-state index contributed by atoms with van der Waals surface area (Å²) < 4.78 is 0. The fourth-order valence-corrected chi connectivity index (χ4v) is 4.86. The van der Waals surface area contributed by atoms with Gasteiger partial charge in [-0.25, -0.2) is 0 Å². The number of rotatable bonds is 3. The highest BCUT2D eigenvalue weighted by Gasteiger charge is 2.39. The molecule has 114 valence electrons. The molecular weight excluding hydrogens is 248 g/mol. The highest BCUT2D eigenvalue weighted by Crippen LogP contribution is 2.38. The van der Waals surface area contributed by atoms with Gasteiger partial charge in [0.05, 0.1) is 0 Å². The van der Waals surface area contributed by atoms with Gasteiger partial charge in [-0.2, -0.15) is 0 Å². The molecule has 2 saturated carbocycles. The van der Waals surface area contributed by atoms with Crippen molar-refractivity contribution in [1.82, 2.24) is 4.90 Å². The second-order valence-corrected chi connectivity index (χ2v) is 7.25. The summed E-state index contributed by atoms with van der Waals surface area (Å²) in [6.45, 7) is 1.78. The number of carbonyl (C=O) groups is 1. The fraction of sp³-hybridized carbons (Fsp3) is 0.941. The molecule has 0 aromatic rings. The van der Waals surface area contributed by atoms with Crippen LogP contribution >= 0.6 is 0 Å². The molecule has 0 aromatic heterocycles. The zero-order valence-electron chi connectivity index (χ0n) is 12.7. The van der Waals surface area contributed by atoms with Gasteiger partial charge >= 0.3 is 0 Å². The van der Waals surface area contributed by atoms with Crippen LogP contribution in [0.15, 0.2) is 0 Å². The monoisotopic (exact) mass is 278 g/mol. The Labute approximate surface area is 123 Å². The molecule has 3 nitrogen and oxygen atoms in total. The Kier molecular flexibility index (Phi) is 4.65. The first-order valence-corrected chi connectivity index (χ1v) is 8.80. The van der Waals surface area contributed by atoms with Crippen molar-refractivity contribution in [3.8, 4) is 0 Å². The molecule has 3 atom stereocenters. The maximum atomic E-state index is 12.9. The number of likely N-dealkylation sites (tertiary alicyclic amines) is 1. The smallest absolute Gasteiger partial charge is 0.225 e. The van der Waals surface area contributed by atoms with Gasteiger partial charge in [0.15, 0.2) is 0 Å². The first-order chi connectivity index (χ1) is 9.79.